The Labute approximate surface area is 294 Å². The van der Waals surface area contributed by atoms with Gasteiger partial charge in [0.2, 0.25) is 0 Å². The lowest BCUT2D eigenvalue weighted by Crippen LogP contribution is -2.00. The number of benzene rings is 8. The third kappa shape index (κ3) is 5.13. The number of rotatable bonds is 5. The summed E-state index contributed by atoms with van der Waals surface area (Å²) >= 11 is 0. The normalized spacial score (nSPS) is 11.5. The molecule has 8 aromatic carbocycles. The second-order valence-electron chi connectivity index (χ2n) is 12.8. The number of hydrogen-bond donors (Lipinski definition) is 0. The minimum Gasteiger partial charge on any atom is -0.455 e. The van der Waals surface area contributed by atoms with Gasteiger partial charge in [0.25, 0.3) is 0 Å². The number of fused-ring (bicyclic) bond motifs is 5. The average molecular weight is 652 g/mol. The molecule has 0 radical (unpaired) electrons. The Balaban J connectivity index is 1.17. The summed E-state index contributed by atoms with van der Waals surface area (Å²) in [5.41, 5.74) is 8.94. The standard InChI is InChI=1S/C47H29N3O/c1-3-11-30(12-4-1)34-22-23-36-29-38(26-24-35(36)27-34)46-48-45(37-25-21-31-13-7-8-16-33(31)28-37)49-47(50-46)41-19-10-20-42-43(41)40-18-9-17-39(44(40)51-42)32-14-5-2-6-15-32/h1-29H. The minimum atomic E-state index is 0.598. The highest BCUT2D eigenvalue weighted by Gasteiger charge is 2.20. The van der Waals surface area contributed by atoms with Gasteiger partial charge in [-0.15, -0.1) is 0 Å². The summed E-state index contributed by atoms with van der Waals surface area (Å²) in [4.78, 5) is 15.5. The summed E-state index contributed by atoms with van der Waals surface area (Å²) < 4.78 is 6.60. The Hall–Kier alpha value is -6.91. The van der Waals surface area contributed by atoms with Crippen LogP contribution in [0.4, 0.5) is 0 Å². The second kappa shape index (κ2) is 11.9. The van der Waals surface area contributed by atoms with Crippen molar-refractivity contribution in [2.45, 2.75) is 0 Å². The summed E-state index contributed by atoms with van der Waals surface area (Å²) in [5, 5.41) is 6.60. The smallest absolute Gasteiger partial charge is 0.164 e. The van der Waals surface area contributed by atoms with Crippen LogP contribution in [-0.2, 0) is 0 Å². The van der Waals surface area contributed by atoms with Crippen molar-refractivity contribution >= 4 is 43.5 Å². The molecule has 2 aromatic heterocycles. The van der Waals surface area contributed by atoms with Gasteiger partial charge in [-0.2, -0.15) is 0 Å². The molecule has 0 aliphatic heterocycles. The van der Waals surface area contributed by atoms with Crippen molar-refractivity contribution in [2.24, 2.45) is 0 Å². The molecule has 0 aliphatic rings. The Morgan fingerprint density at radius 1 is 0.333 bits per heavy atom. The quantitative estimate of drug-likeness (QED) is 0.186. The number of furan rings is 1. The van der Waals surface area contributed by atoms with Crippen LogP contribution in [0.1, 0.15) is 0 Å². The highest BCUT2D eigenvalue weighted by atomic mass is 16.3. The van der Waals surface area contributed by atoms with Crippen molar-refractivity contribution in [1.29, 1.82) is 0 Å². The Morgan fingerprint density at radius 2 is 0.863 bits per heavy atom. The van der Waals surface area contributed by atoms with E-state index >= 15 is 0 Å². The molecule has 0 aliphatic carbocycles. The van der Waals surface area contributed by atoms with E-state index in [1.165, 1.54) is 16.5 Å². The SMILES string of the molecule is c1ccc(-c2ccc3cc(-c4nc(-c5ccc6ccccc6c5)nc(-c5cccc6oc7c(-c8ccccc8)cccc7c56)n4)ccc3c2)cc1. The fourth-order valence-electron chi connectivity index (χ4n) is 7.16. The van der Waals surface area contributed by atoms with E-state index in [0.29, 0.717) is 17.5 Å². The summed E-state index contributed by atoms with van der Waals surface area (Å²) in [6.45, 7) is 0. The van der Waals surface area contributed by atoms with E-state index in [1.54, 1.807) is 0 Å². The molecule has 0 saturated carbocycles. The highest BCUT2D eigenvalue weighted by molar-refractivity contribution is 6.15. The number of nitrogens with zero attached hydrogens (tertiary/aromatic N) is 3. The van der Waals surface area contributed by atoms with E-state index in [4.69, 9.17) is 19.4 Å². The Bertz CT molecular complexity index is 2910. The third-order valence-corrected chi connectivity index (χ3v) is 9.70. The van der Waals surface area contributed by atoms with Gasteiger partial charge in [0, 0.05) is 33.0 Å². The predicted octanol–water partition coefficient (Wildman–Crippen LogP) is 12.4. The first-order valence-corrected chi connectivity index (χ1v) is 17.1. The van der Waals surface area contributed by atoms with Gasteiger partial charge in [0.15, 0.2) is 17.5 Å². The van der Waals surface area contributed by atoms with Gasteiger partial charge < -0.3 is 4.42 Å². The van der Waals surface area contributed by atoms with E-state index in [-0.39, 0.29) is 0 Å². The van der Waals surface area contributed by atoms with Crippen molar-refractivity contribution < 1.29 is 4.42 Å². The lowest BCUT2D eigenvalue weighted by Gasteiger charge is -2.11. The summed E-state index contributed by atoms with van der Waals surface area (Å²) in [5.74, 6) is 1.84. The molecule has 10 rings (SSSR count). The number of hydrogen-bond acceptors (Lipinski definition) is 4. The van der Waals surface area contributed by atoms with Gasteiger partial charge in [-0.05, 0) is 62.5 Å². The van der Waals surface area contributed by atoms with E-state index < -0.39 is 0 Å². The molecule has 10 aromatic rings. The van der Waals surface area contributed by atoms with Crippen LogP contribution in [0.3, 0.4) is 0 Å². The maximum atomic E-state index is 6.60. The van der Waals surface area contributed by atoms with Gasteiger partial charge >= 0.3 is 0 Å². The van der Waals surface area contributed by atoms with Gasteiger partial charge in [0.05, 0.1) is 0 Å². The van der Waals surface area contributed by atoms with Crippen molar-refractivity contribution in [1.82, 2.24) is 15.0 Å². The molecule has 2 heterocycles. The first-order valence-electron chi connectivity index (χ1n) is 17.1. The van der Waals surface area contributed by atoms with Gasteiger partial charge in [-0.25, -0.2) is 15.0 Å². The molecular weight excluding hydrogens is 623 g/mol. The molecule has 0 bridgehead atoms. The number of para-hydroxylation sites is 1. The van der Waals surface area contributed by atoms with Crippen molar-refractivity contribution in [2.75, 3.05) is 0 Å². The molecule has 0 fully saturated rings. The van der Waals surface area contributed by atoms with Crippen LogP contribution in [0, 0.1) is 0 Å². The summed E-state index contributed by atoms with van der Waals surface area (Å²) in [6.07, 6.45) is 0. The molecule has 0 spiro atoms. The molecule has 238 valence electrons. The molecule has 0 saturated heterocycles. The summed E-state index contributed by atoms with van der Waals surface area (Å²) in [6, 6.07) is 61.1. The van der Waals surface area contributed by atoms with Crippen LogP contribution < -0.4 is 0 Å². The topological polar surface area (TPSA) is 51.8 Å². The number of aromatic nitrogens is 3. The maximum Gasteiger partial charge on any atom is 0.164 e. The van der Waals surface area contributed by atoms with Crippen LogP contribution >= 0.6 is 0 Å². The average Bonchev–Trinajstić information content (AvgIpc) is 3.60. The Morgan fingerprint density at radius 3 is 1.59 bits per heavy atom. The highest BCUT2D eigenvalue weighted by Crippen LogP contribution is 2.40. The zero-order valence-corrected chi connectivity index (χ0v) is 27.5. The predicted molar refractivity (Wildman–Crippen MR) is 209 cm³/mol. The minimum absolute atomic E-state index is 0.598. The van der Waals surface area contributed by atoms with Crippen molar-refractivity contribution in [3.8, 4) is 56.4 Å². The van der Waals surface area contributed by atoms with Gasteiger partial charge in [-0.1, -0.05) is 152 Å². The monoisotopic (exact) mass is 651 g/mol. The van der Waals surface area contributed by atoms with E-state index in [1.807, 2.05) is 24.3 Å². The maximum absolute atomic E-state index is 6.60. The van der Waals surface area contributed by atoms with E-state index in [0.717, 1.165) is 65.9 Å². The largest absolute Gasteiger partial charge is 0.455 e. The summed E-state index contributed by atoms with van der Waals surface area (Å²) in [7, 11) is 0. The Kier molecular flexibility index (Phi) is 6.78. The molecular formula is C47H29N3O. The molecule has 4 heteroatoms. The van der Waals surface area contributed by atoms with Crippen LogP contribution in [0.25, 0.3) is 99.9 Å². The third-order valence-electron chi connectivity index (χ3n) is 9.70. The lowest BCUT2D eigenvalue weighted by atomic mass is 9.99. The molecule has 51 heavy (non-hydrogen) atoms. The molecule has 4 nitrogen and oxygen atoms in total. The van der Waals surface area contributed by atoms with Crippen LogP contribution in [0.2, 0.25) is 0 Å². The van der Waals surface area contributed by atoms with E-state index in [9.17, 15) is 0 Å². The van der Waals surface area contributed by atoms with Crippen molar-refractivity contribution in [3.05, 3.63) is 176 Å². The van der Waals surface area contributed by atoms with E-state index in [2.05, 4.69) is 152 Å². The van der Waals surface area contributed by atoms with Crippen LogP contribution in [0.15, 0.2) is 180 Å². The fourth-order valence-corrected chi connectivity index (χ4v) is 7.16. The fraction of sp³-hybridized carbons (Fsp3) is 0. The van der Waals surface area contributed by atoms with Gasteiger partial charge in [-0.3, -0.25) is 0 Å². The zero-order valence-electron chi connectivity index (χ0n) is 27.5. The van der Waals surface area contributed by atoms with Crippen LogP contribution in [-0.4, -0.2) is 15.0 Å². The van der Waals surface area contributed by atoms with Gasteiger partial charge in [0.1, 0.15) is 11.2 Å². The molecule has 0 N–H and O–H groups in total. The lowest BCUT2D eigenvalue weighted by molar-refractivity contribution is 0.670. The molecule has 0 amide bonds. The molecule has 0 unspecified atom stereocenters. The van der Waals surface area contributed by atoms with Crippen LogP contribution in [0.5, 0.6) is 0 Å². The first-order chi connectivity index (χ1) is 25.2. The molecule has 0 atom stereocenters. The second-order valence-corrected chi connectivity index (χ2v) is 12.8. The first kappa shape index (κ1) is 29.0. The van der Waals surface area contributed by atoms with Crippen molar-refractivity contribution in [3.63, 3.8) is 0 Å². The zero-order chi connectivity index (χ0) is 33.7.